The second kappa shape index (κ2) is 19.4. The number of halogens is 4. The van der Waals surface area contributed by atoms with Crippen molar-refractivity contribution < 1.29 is 29.3 Å². The Hall–Kier alpha value is -3.82. The lowest BCUT2D eigenvalue weighted by atomic mass is 9.96. The fourth-order valence-electron chi connectivity index (χ4n) is 6.43. The third-order valence-corrected chi connectivity index (χ3v) is 11.2. The summed E-state index contributed by atoms with van der Waals surface area (Å²) in [4.78, 5) is 27.6. The second-order valence-electron chi connectivity index (χ2n) is 14.6. The quantitative estimate of drug-likeness (QED) is 0.148. The fraction of sp³-hybridized carbons (Fsp3) is 0.395. The summed E-state index contributed by atoms with van der Waals surface area (Å²) < 4.78 is 11.2. The molecule has 2 amide bonds. The molecule has 8 nitrogen and oxygen atoms in total. The van der Waals surface area contributed by atoms with Crippen LogP contribution < -0.4 is 9.47 Å². The van der Waals surface area contributed by atoms with Gasteiger partial charge in [-0.1, -0.05) is 98.4 Å². The van der Waals surface area contributed by atoms with E-state index in [1.54, 1.807) is 41.3 Å². The van der Waals surface area contributed by atoms with Crippen molar-refractivity contribution in [3.05, 3.63) is 114 Å². The molecule has 0 aromatic heterocycles. The Morgan fingerprint density at radius 1 is 0.582 bits per heavy atom. The molecule has 0 atom stereocenters. The van der Waals surface area contributed by atoms with Gasteiger partial charge in [-0.2, -0.15) is 0 Å². The molecule has 12 heteroatoms. The van der Waals surface area contributed by atoms with Gasteiger partial charge in [0.05, 0.1) is 0 Å². The van der Waals surface area contributed by atoms with Crippen LogP contribution in [0.3, 0.4) is 0 Å². The summed E-state index contributed by atoms with van der Waals surface area (Å²) >= 11 is 25.8. The van der Waals surface area contributed by atoms with Gasteiger partial charge in [-0.25, -0.2) is 0 Å². The molecule has 6 rings (SSSR count). The van der Waals surface area contributed by atoms with E-state index in [0.717, 1.165) is 78.8 Å². The van der Waals surface area contributed by atoms with E-state index in [0.29, 0.717) is 55.9 Å². The molecule has 55 heavy (non-hydrogen) atoms. The number of ether oxygens (including phenoxy) is 2. The first-order chi connectivity index (χ1) is 26.2. The van der Waals surface area contributed by atoms with Gasteiger partial charge in [-0.05, 0) is 101 Å². The molecule has 2 aliphatic rings. The zero-order valence-corrected chi connectivity index (χ0v) is 34.7. The van der Waals surface area contributed by atoms with Gasteiger partial charge in [-0.3, -0.25) is 9.59 Å². The van der Waals surface area contributed by atoms with E-state index < -0.39 is 0 Å². The number of likely N-dealkylation sites (tertiary alicyclic amines) is 2. The van der Waals surface area contributed by atoms with Crippen molar-refractivity contribution in [3.8, 4) is 23.0 Å². The van der Waals surface area contributed by atoms with Gasteiger partial charge < -0.3 is 29.5 Å². The Morgan fingerprint density at radius 3 is 1.24 bits per heavy atom. The minimum atomic E-state index is -0.0251. The van der Waals surface area contributed by atoms with E-state index in [4.69, 9.17) is 55.9 Å². The minimum absolute atomic E-state index is 0.0122. The van der Waals surface area contributed by atoms with Crippen LogP contribution in [-0.4, -0.2) is 71.2 Å². The Morgan fingerprint density at radius 2 is 0.927 bits per heavy atom. The van der Waals surface area contributed by atoms with Gasteiger partial charge in [0.25, 0.3) is 11.8 Å². The van der Waals surface area contributed by atoms with Crippen LogP contribution in [0.5, 0.6) is 23.0 Å². The maximum Gasteiger partial charge on any atom is 0.260 e. The molecule has 4 aromatic carbocycles. The number of nitrogens with zero attached hydrogens (tertiary/aromatic N) is 2. The van der Waals surface area contributed by atoms with E-state index in [1.165, 1.54) is 0 Å². The fourth-order valence-corrected chi connectivity index (χ4v) is 7.63. The normalized spacial score (nSPS) is 13.8. The van der Waals surface area contributed by atoms with Gasteiger partial charge in [0.15, 0.2) is 13.2 Å². The smallest absolute Gasteiger partial charge is 0.260 e. The molecule has 2 aliphatic heterocycles. The zero-order valence-electron chi connectivity index (χ0n) is 31.6. The molecule has 0 bridgehead atoms. The lowest BCUT2D eigenvalue weighted by Crippen LogP contribution is -2.44. The standard InChI is InChI=1S/C22H25Cl2NO3.C21H23Cl2NO3/c1-14(2)17-9-15(5-6-21(17)26)10-18-19(23)11-16(12-20(18)24)28-13-22(27)25-7-3-4-8-25;1-13(2)16-8-14(4-5-20(16)25)9-17-18(22)10-15(11-19(17)23)27-12-21(26)24-6-3-7-24/h5-6,9,11-12,14,26H,3-4,7-8,10,13H2,1-2H3;4-5,8,10-11,13,25H,3,6-7,9,12H2,1-2H3. The molecule has 0 spiro atoms. The zero-order chi connectivity index (χ0) is 39.8. The van der Waals surface area contributed by atoms with E-state index in [9.17, 15) is 19.8 Å². The number of hydrogen-bond donors (Lipinski definition) is 2. The van der Waals surface area contributed by atoms with Crippen LogP contribution >= 0.6 is 46.4 Å². The largest absolute Gasteiger partial charge is 0.508 e. The Labute approximate surface area is 343 Å². The maximum atomic E-state index is 12.1. The van der Waals surface area contributed by atoms with Gasteiger partial charge in [-0.15, -0.1) is 0 Å². The first-order valence-corrected chi connectivity index (χ1v) is 20.1. The minimum Gasteiger partial charge on any atom is -0.508 e. The molecule has 4 aromatic rings. The van der Waals surface area contributed by atoms with Crippen LogP contribution in [0.15, 0.2) is 60.7 Å². The van der Waals surface area contributed by atoms with Crippen LogP contribution in [0, 0.1) is 0 Å². The average Bonchev–Trinajstić information content (AvgIpc) is 3.66. The molecule has 294 valence electrons. The number of phenolic OH excluding ortho intramolecular Hbond substituents is 2. The number of carbonyl (C=O) groups is 2. The first-order valence-electron chi connectivity index (χ1n) is 18.6. The average molecular weight is 831 g/mol. The highest BCUT2D eigenvalue weighted by atomic mass is 35.5. The van der Waals surface area contributed by atoms with Crippen molar-refractivity contribution in [1.29, 1.82) is 0 Å². The topological polar surface area (TPSA) is 99.5 Å². The summed E-state index contributed by atoms with van der Waals surface area (Å²) in [6.07, 6.45) is 4.24. The third kappa shape index (κ3) is 11.4. The summed E-state index contributed by atoms with van der Waals surface area (Å²) in [5.41, 5.74) is 5.40. The Kier molecular flexibility index (Phi) is 14.9. The Bertz CT molecular complexity index is 1950. The number of phenols is 2. The van der Waals surface area contributed by atoms with Gasteiger partial charge in [0.1, 0.15) is 23.0 Å². The van der Waals surface area contributed by atoms with E-state index in [-0.39, 0.29) is 36.9 Å². The van der Waals surface area contributed by atoms with E-state index >= 15 is 0 Å². The molecule has 2 fully saturated rings. The van der Waals surface area contributed by atoms with Crippen molar-refractivity contribution in [2.24, 2.45) is 0 Å². The van der Waals surface area contributed by atoms with Crippen molar-refractivity contribution in [2.45, 2.75) is 71.6 Å². The molecular weight excluding hydrogens is 782 g/mol. The van der Waals surface area contributed by atoms with Crippen LogP contribution in [0.25, 0.3) is 0 Å². The summed E-state index contributed by atoms with van der Waals surface area (Å²) in [7, 11) is 0. The van der Waals surface area contributed by atoms with Gasteiger partial charge in [0.2, 0.25) is 0 Å². The molecular formula is C43H48Cl4N2O6. The highest BCUT2D eigenvalue weighted by Gasteiger charge is 2.22. The molecule has 2 saturated heterocycles. The van der Waals surface area contributed by atoms with Crippen LogP contribution in [0.2, 0.25) is 20.1 Å². The molecule has 0 aliphatic carbocycles. The lowest BCUT2D eigenvalue weighted by Gasteiger charge is -2.30. The summed E-state index contributed by atoms with van der Waals surface area (Å²) in [6.45, 7) is 11.3. The van der Waals surface area contributed by atoms with E-state index in [2.05, 4.69) is 0 Å². The molecule has 0 saturated carbocycles. The summed E-state index contributed by atoms with van der Waals surface area (Å²) in [6, 6.07) is 17.9. The van der Waals surface area contributed by atoms with Crippen LogP contribution in [0.4, 0.5) is 0 Å². The highest BCUT2D eigenvalue weighted by Crippen LogP contribution is 2.36. The van der Waals surface area contributed by atoms with Gasteiger partial charge >= 0.3 is 0 Å². The summed E-state index contributed by atoms with van der Waals surface area (Å²) in [5.74, 6) is 1.95. The first kappa shape index (κ1) is 42.3. The molecule has 2 N–H and O–H groups in total. The predicted octanol–water partition coefficient (Wildman–Crippen LogP) is 10.4. The van der Waals surface area contributed by atoms with Crippen LogP contribution in [0.1, 0.15) is 92.2 Å². The number of amides is 2. The lowest BCUT2D eigenvalue weighted by molar-refractivity contribution is -0.136. The number of aromatic hydroxyl groups is 2. The van der Waals surface area contributed by atoms with Crippen molar-refractivity contribution in [3.63, 3.8) is 0 Å². The number of benzene rings is 4. The third-order valence-electron chi connectivity index (χ3n) is 9.81. The molecule has 0 unspecified atom stereocenters. The van der Waals surface area contributed by atoms with Crippen molar-refractivity contribution in [2.75, 3.05) is 39.4 Å². The Balaban J connectivity index is 0.000000211. The SMILES string of the molecule is CC(C)c1cc(Cc2c(Cl)cc(OCC(=O)N3CCC3)cc2Cl)ccc1O.CC(C)c1cc(Cc2c(Cl)cc(OCC(=O)N3CCCC3)cc2Cl)ccc1O. The predicted molar refractivity (Wildman–Crippen MR) is 221 cm³/mol. The number of hydrogen-bond acceptors (Lipinski definition) is 6. The monoisotopic (exact) mass is 828 g/mol. The second-order valence-corrected chi connectivity index (χ2v) is 16.2. The van der Waals surface area contributed by atoms with Crippen LogP contribution in [-0.2, 0) is 22.4 Å². The number of rotatable bonds is 12. The number of carbonyl (C=O) groups excluding carboxylic acids is 2. The van der Waals surface area contributed by atoms with Gasteiger partial charge in [0, 0.05) is 59.1 Å². The summed E-state index contributed by atoms with van der Waals surface area (Å²) in [5, 5.41) is 22.0. The molecule has 0 radical (unpaired) electrons. The molecule has 2 heterocycles. The van der Waals surface area contributed by atoms with E-state index in [1.807, 2.05) is 56.9 Å². The highest BCUT2D eigenvalue weighted by molar-refractivity contribution is 6.36. The van der Waals surface area contributed by atoms with Crippen molar-refractivity contribution >= 4 is 58.2 Å². The maximum absolute atomic E-state index is 12.1. The van der Waals surface area contributed by atoms with Crippen molar-refractivity contribution in [1.82, 2.24) is 9.80 Å².